The van der Waals surface area contributed by atoms with Crippen molar-refractivity contribution in [2.45, 2.75) is 13.1 Å². The van der Waals surface area contributed by atoms with E-state index in [0.717, 1.165) is 10.2 Å². The highest BCUT2D eigenvalue weighted by atomic mass is 79.9. The maximum Gasteiger partial charge on any atom is 0.128 e. The minimum Gasteiger partial charge on any atom is -0.325 e. The monoisotopic (exact) mass is 283 g/mol. The van der Waals surface area contributed by atoms with Crippen LogP contribution in [0.25, 0.3) is 0 Å². The normalized spacial score (nSPS) is 10.7. The Labute approximate surface area is 101 Å². The van der Waals surface area contributed by atoms with Crippen LogP contribution in [0.5, 0.6) is 0 Å². The molecule has 84 valence electrons. The molecular weight excluding hydrogens is 273 g/mol. The summed E-state index contributed by atoms with van der Waals surface area (Å²) in [7, 11) is 0. The predicted molar refractivity (Wildman–Crippen MR) is 63.3 cm³/mol. The second kappa shape index (κ2) is 4.76. The Balaban J connectivity index is 2.30. The lowest BCUT2D eigenvalue weighted by atomic mass is 10.2. The topological polar surface area (TPSA) is 43.8 Å². The molecule has 0 atom stereocenters. The minimum atomic E-state index is -0.235. The first-order valence-corrected chi connectivity index (χ1v) is 5.64. The van der Waals surface area contributed by atoms with Crippen molar-refractivity contribution in [2.75, 3.05) is 0 Å². The summed E-state index contributed by atoms with van der Waals surface area (Å²) < 4.78 is 16.1. The van der Waals surface area contributed by atoms with Crippen molar-refractivity contribution in [3.05, 3.63) is 52.0 Å². The van der Waals surface area contributed by atoms with Gasteiger partial charge in [-0.15, -0.1) is 0 Å². The molecule has 2 N–H and O–H groups in total. The van der Waals surface area contributed by atoms with E-state index in [9.17, 15) is 4.39 Å². The molecule has 1 aromatic carbocycles. The number of halogens is 2. The minimum absolute atomic E-state index is 0.235. The van der Waals surface area contributed by atoms with Crippen LogP contribution < -0.4 is 5.73 Å². The van der Waals surface area contributed by atoms with E-state index in [2.05, 4.69) is 21.0 Å². The fourth-order valence-corrected chi connectivity index (χ4v) is 1.91. The Morgan fingerprint density at radius 2 is 2.19 bits per heavy atom. The number of benzene rings is 1. The van der Waals surface area contributed by atoms with Gasteiger partial charge in [-0.2, -0.15) is 5.10 Å². The molecule has 0 radical (unpaired) electrons. The highest BCUT2D eigenvalue weighted by Crippen LogP contribution is 2.16. The van der Waals surface area contributed by atoms with Gasteiger partial charge in [0.25, 0.3) is 0 Å². The number of rotatable bonds is 3. The van der Waals surface area contributed by atoms with Crippen LogP contribution in [0.2, 0.25) is 0 Å². The number of aromatic nitrogens is 2. The summed E-state index contributed by atoms with van der Waals surface area (Å²) in [5.74, 6) is -0.235. The van der Waals surface area contributed by atoms with Crippen molar-refractivity contribution in [2.24, 2.45) is 5.73 Å². The van der Waals surface area contributed by atoms with Crippen LogP contribution in [0, 0.1) is 5.82 Å². The van der Waals surface area contributed by atoms with E-state index in [4.69, 9.17) is 5.73 Å². The van der Waals surface area contributed by atoms with E-state index in [1.165, 1.54) is 6.07 Å². The molecule has 1 aromatic heterocycles. The van der Waals surface area contributed by atoms with Crippen LogP contribution in [0.1, 0.15) is 11.3 Å². The van der Waals surface area contributed by atoms with Crippen LogP contribution in [-0.2, 0) is 13.1 Å². The molecule has 16 heavy (non-hydrogen) atoms. The van der Waals surface area contributed by atoms with E-state index >= 15 is 0 Å². The molecule has 0 bridgehead atoms. The van der Waals surface area contributed by atoms with Gasteiger partial charge in [0.1, 0.15) is 5.82 Å². The lowest BCUT2D eigenvalue weighted by Gasteiger charge is -2.07. The molecule has 0 aliphatic rings. The van der Waals surface area contributed by atoms with Crippen molar-refractivity contribution in [1.29, 1.82) is 0 Å². The predicted octanol–water partition coefficient (Wildman–Crippen LogP) is 2.29. The molecule has 0 saturated carbocycles. The molecule has 2 aromatic rings. The fourth-order valence-electron chi connectivity index (χ4n) is 1.50. The average molecular weight is 284 g/mol. The van der Waals surface area contributed by atoms with E-state index in [1.807, 2.05) is 6.07 Å². The van der Waals surface area contributed by atoms with Gasteiger partial charge in [-0.05, 0) is 24.3 Å². The smallest absolute Gasteiger partial charge is 0.128 e. The summed E-state index contributed by atoms with van der Waals surface area (Å²) in [5, 5.41) is 4.11. The van der Waals surface area contributed by atoms with Crippen molar-refractivity contribution in [1.82, 2.24) is 9.78 Å². The standard InChI is InChI=1S/C11H11BrFN3/c12-9-1-2-11(13)8(5-9)7-16-10(6-14)3-4-15-16/h1-5H,6-7,14H2. The van der Waals surface area contributed by atoms with Crippen LogP contribution in [0.15, 0.2) is 34.9 Å². The number of nitrogens with zero attached hydrogens (tertiary/aromatic N) is 2. The average Bonchev–Trinajstić information content (AvgIpc) is 2.71. The Hall–Kier alpha value is -1.20. The second-order valence-electron chi connectivity index (χ2n) is 3.42. The van der Waals surface area contributed by atoms with Gasteiger partial charge in [0, 0.05) is 22.8 Å². The van der Waals surface area contributed by atoms with Crippen molar-refractivity contribution in [3.63, 3.8) is 0 Å². The molecule has 0 aliphatic heterocycles. The van der Waals surface area contributed by atoms with E-state index < -0.39 is 0 Å². The third-order valence-corrected chi connectivity index (χ3v) is 2.83. The Morgan fingerprint density at radius 3 is 2.94 bits per heavy atom. The van der Waals surface area contributed by atoms with Gasteiger partial charge >= 0.3 is 0 Å². The zero-order valence-corrected chi connectivity index (χ0v) is 10.1. The Morgan fingerprint density at radius 1 is 1.38 bits per heavy atom. The van der Waals surface area contributed by atoms with Gasteiger partial charge in [-0.3, -0.25) is 4.68 Å². The quantitative estimate of drug-likeness (QED) is 0.939. The number of nitrogens with two attached hydrogens (primary N) is 1. The molecule has 0 unspecified atom stereocenters. The fraction of sp³-hybridized carbons (Fsp3) is 0.182. The van der Waals surface area contributed by atoms with Crippen LogP contribution in [0.4, 0.5) is 4.39 Å². The molecule has 0 aliphatic carbocycles. The molecule has 5 heteroatoms. The Kier molecular flexibility index (Phi) is 3.36. The molecule has 2 rings (SSSR count). The summed E-state index contributed by atoms with van der Waals surface area (Å²) in [5.41, 5.74) is 7.03. The number of hydrogen-bond donors (Lipinski definition) is 1. The molecule has 0 saturated heterocycles. The molecule has 0 spiro atoms. The van der Waals surface area contributed by atoms with Crippen molar-refractivity contribution in [3.8, 4) is 0 Å². The lowest BCUT2D eigenvalue weighted by molar-refractivity contribution is 0.575. The first-order valence-electron chi connectivity index (χ1n) is 4.85. The summed E-state index contributed by atoms with van der Waals surface area (Å²) in [4.78, 5) is 0. The Bertz CT molecular complexity index is 496. The van der Waals surface area contributed by atoms with Crippen LogP contribution in [-0.4, -0.2) is 9.78 Å². The maximum atomic E-state index is 13.5. The molecule has 0 fully saturated rings. The van der Waals surface area contributed by atoms with Gasteiger partial charge in [0.05, 0.1) is 12.2 Å². The van der Waals surface area contributed by atoms with Gasteiger partial charge in [-0.25, -0.2) is 4.39 Å². The lowest BCUT2D eigenvalue weighted by Crippen LogP contribution is -2.10. The van der Waals surface area contributed by atoms with Gasteiger partial charge < -0.3 is 5.73 Å². The van der Waals surface area contributed by atoms with Crippen molar-refractivity contribution >= 4 is 15.9 Å². The van der Waals surface area contributed by atoms with E-state index in [1.54, 1.807) is 23.0 Å². The SMILES string of the molecule is NCc1ccnn1Cc1cc(Br)ccc1F. The summed E-state index contributed by atoms with van der Waals surface area (Å²) in [6, 6.07) is 6.68. The summed E-state index contributed by atoms with van der Waals surface area (Å²) >= 11 is 3.31. The van der Waals surface area contributed by atoms with E-state index in [-0.39, 0.29) is 5.82 Å². The third-order valence-electron chi connectivity index (χ3n) is 2.34. The highest BCUT2D eigenvalue weighted by molar-refractivity contribution is 9.10. The third kappa shape index (κ3) is 2.31. The maximum absolute atomic E-state index is 13.5. The van der Waals surface area contributed by atoms with E-state index in [0.29, 0.717) is 18.7 Å². The van der Waals surface area contributed by atoms with Crippen LogP contribution in [0.3, 0.4) is 0 Å². The van der Waals surface area contributed by atoms with Gasteiger partial charge in [0.2, 0.25) is 0 Å². The molecule has 1 heterocycles. The first-order chi connectivity index (χ1) is 7.70. The molecule has 0 amide bonds. The zero-order valence-electron chi connectivity index (χ0n) is 8.53. The largest absolute Gasteiger partial charge is 0.325 e. The summed E-state index contributed by atoms with van der Waals surface area (Å²) in [6.07, 6.45) is 1.66. The van der Waals surface area contributed by atoms with Crippen LogP contribution >= 0.6 is 15.9 Å². The molecule has 3 nitrogen and oxygen atoms in total. The van der Waals surface area contributed by atoms with Gasteiger partial charge in [0.15, 0.2) is 0 Å². The number of hydrogen-bond acceptors (Lipinski definition) is 2. The van der Waals surface area contributed by atoms with Crippen molar-refractivity contribution < 1.29 is 4.39 Å². The summed E-state index contributed by atoms with van der Waals surface area (Å²) in [6.45, 7) is 0.792. The van der Waals surface area contributed by atoms with Gasteiger partial charge in [-0.1, -0.05) is 15.9 Å². The zero-order chi connectivity index (χ0) is 11.5. The highest BCUT2D eigenvalue weighted by Gasteiger charge is 2.06. The first kappa shape index (κ1) is 11.3. The second-order valence-corrected chi connectivity index (χ2v) is 4.34. The molecular formula is C11H11BrFN3.